The van der Waals surface area contributed by atoms with Gasteiger partial charge < -0.3 is 19.7 Å². The molecule has 1 rings (SSSR count). The highest BCUT2D eigenvalue weighted by atomic mass is 16.5. The van der Waals surface area contributed by atoms with E-state index in [2.05, 4.69) is 4.74 Å². The predicted octanol–water partition coefficient (Wildman–Crippen LogP) is 0.384. The number of carbonyl (C=O) groups is 2. The van der Waals surface area contributed by atoms with Crippen molar-refractivity contribution in [2.45, 2.75) is 0 Å². The normalized spacial score (nSPS) is 10.5. The van der Waals surface area contributed by atoms with Gasteiger partial charge in [-0.3, -0.25) is 0 Å². The Kier molecular flexibility index (Phi) is 7.02. The Balaban J connectivity index is 2.56. The number of rotatable bonds is 7. The zero-order valence-electron chi connectivity index (χ0n) is 10.8. The summed E-state index contributed by atoms with van der Waals surface area (Å²) < 4.78 is 9.40. The van der Waals surface area contributed by atoms with Crippen LogP contribution in [0.3, 0.4) is 0 Å². The second-order valence-corrected chi connectivity index (χ2v) is 3.71. The van der Waals surface area contributed by atoms with Crippen molar-refractivity contribution < 1.29 is 29.3 Å². The van der Waals surface area contributed by atoms with E-state index in [4.69, 9.17) is 14.9 Å². The van der Waals surface area contributed by atoms with Crippen molar-refractivity contribution >= 4 is 18.0 Å². The fraction of sp³-hybridized carbons (Fsp3) is 0.286. The van der Waals surface area contributed by atoms with Crippen LogP contribution >= 0.6 is 0 Å². The van der Waals surface area contributed by atoms with Gasteiger partial charge in [0.2, 0.25) is 0 Å². The van der Waals surface area contributed by atoms with Crippen LogP contribution in [0.4, 0.5) is 0 Å². The number of ether oxygens (including phenoxy) is 2. The number of hydrogen-bond donors (Lipinski definition) is 2. The first-order chi connectivity index (χ1) is 9.67. The van der Waals surface area contributed by atoms with Crippen LogP contribution in [-0.2, 0) is 14.3 Å². The molecule has 0 bridgehead atoms. The standard InChI is InChI=1S/C14H16O6/c15-7-9-19-13(17)6-3-11-1-4-12(5-2-11)14(18)20-10-8-16/h1-6,15-16H,7-10H2. The van der Waals surface area contributed by atoms with Gasteiger partial charge in [-0.25, -0.2) is 9.59 Å². The van der Waals surface area contributed by atoms with E-state index < -0.39 is 11.9 Å². The lowest BCUT2D eigenvalue weighted by Crippen LogP contribution is -2.08. The van der Waals surface area contributed by atoms with E-state index >= 15 is 0 Å². The Morgan fingerprint density at radius 2 is 1.60 bits per heavy atom. The molecule has 0 amide bonds. The first-order valence-corrected chi connectivity index (χ1v) is 6.01. The molecule has 6 nitrogen and oxygen atoms in total. The fourth-order valence-electron chi connectivity index (χ4n) is 1.31. The molecule has 1 aromatic carbocycles. The van der Waals surface area contributed by atoms with Crippen LogP contribution in [0, 0.1) is 0 Å². The van der Waals surface area contributed by atoms with Crippen molar-refractivity contribution in [1.29, 1.82) is 0 Å². The number of esters is 2. The van der Waals surface area contributed by atoms with E-state index in [1.807, 2.05) is 0 Å². The molecule has 20 heavy (non-hydrogen) atoms. The van der Waals surface area contributed by atoms with Gasteiger partial charge in [-0.05, 0) is 23.8 Å². The van der Waals surface area contributed by atoms with E-state index in [1.54, 1.807) is 24.3 Å². The lowest BCUT2D eigenvalue weighted by molar-refractivity contribution is -0.138. The molecule has 0 aromatic heterocycles. The average Bonchev–Trinajstić information content (AvgIpc) is 2.49. The number of benzene rings is 1. The van der Waals surface area contributed by atoms with E-state index in [9.17, 15) is 9.59 Å². The van der Waals surface area contributed by atoms with E-state index in [0.29, 0.717) is 11.1 Å². The van der Waals surface area contributed by atoms with Crippen LogP contribution in [0.1, 0.15) is 15.9 Å². The summed E-state index contributed by atoms with van der Waals surface area (Å²) >= 11 is 0. The Labute approximate surface area is 116 Å². The molecule has 6 heteroatoms. The van der Waals surface area contributed by atoms with Crippen LogP contribution in [0.15, 0.2) is 30.3 Å². The van der Waals surface area contributed by atoms with Crippen LogP contribution in [0.25, 0.3) is 6.08 Å². The summed E-state index contributed by atoms with van der Waals surface area (Å²) in [4.78, 5) is 22.6. The topological polar surface area (TPSA) is 93.1 Å². The molecule has 0 aliphatic carbocycles. The fourth-order valence-corrected chi connectivity index (χ4v) is 1.31. The summed E-state index contributed by atoms with van der Waals surface area (Å²) in [5.41, 5.74) is 1.07. The number of aliphatic hydroxyl groups excluding tert-OH is 2. The Hall–Kier alpha value is -2.18. The molecule has 108 valence electrons. The van der Waals surface area contributed by atoms with Gasteiger partial charge in [-0.1, -0.05) is 12.1 Å². The maximum Gasteiger partial charge on any atom is 0.338 e. The molecule has 0 atom stereocenters. The Morgan fingerprint density at radius 1 is 1.00 bits per heavy atom. The first kappa shape index (κ1) is 15.9. The van der Waals surface area contributed by atoms with Crippen LogP contribution in [0.2, 0.25) is 0 Å². The van der Waals surface area contributed by atoms with Crippen molar-refractivity contribution in [1.82, 2.24) is 0 Å². The third kappa shape index (κ3) is 5.64. The van der Waals surface area contributed by atoms with Gasteiger partial charge >= 0.3 is 11.9 Å². The highest BCUT2D eigenvalue weighted by Crippen LogP contribution is 2.07. The third-order valence-electron chi connectivity index (χ3n) is 2.22. The molecule has 0 heterocycles. The maximum atomic E-state index is 11.5. The highest BCUT2D eigenvalue weighted by Gasteiger charge is 2.05. The molecule has 2 N–H and O–H groups in total. The summed E-state index contributed by atoms with van der Waals surface area (Å²) in [5.74, 6) is -1.07. The molecule has 0 radical (unpaired) electrons. The summed E-state index contributed by atoms with van der Waals surface area (Å²) in [6.45, 7) is -0.525. The molecule has 1 aromatic rings. The zero-order chi connectivity index (χ0) is 14.8. The van der Waals surface area contributed by atoms with Crippen molar-refractivity contribution in [2.75, 3.05) is 26.4 Å². The largest absolute Gasteiger partial charge is 0.460 e. The minimum atomic E-state index is -0.550. The van der Waals surface area contributed by atoms with Gasteiger partial charge in [0.25, 0.3) is 0 Å². The number of hydrogen-bond acceptors (Lipinski definition) is 6. The molecule has 0 aliphatic rings. The molecule has 0 aliphatic heterocycles. The maximum absolute atomic E-state index is 11.5. The monoisotopic (exact) mass is 280 g/mol. The Morgan fingerprint density at radius 3 is 2.20 bits per heavy atom. The summed E-state index contributed by atoms with van der Waals surface area (Å²) in [5, 5.41) is 17.0. The second-order valence-electron chi connectivity index (χ2n) is 3.71. The van der Waals surface area contributed by atoms with Crippen LogP contribution in [0.5, 0.6) is 0 Å². The molecular formula is C14H16O6. The third-order valence-corrected chi connectivity index (χ3v) is 2.22. The number of aliphatic hydroxyl groups is 2. The van der Waals surface area contributed by atoms with Crippen molar-refractivity contribution in [3.8, 4) is 0 Å². The Bertz CT molecular complexity index is 463. The van der Waals surface area contributed by atoms with Crippen LogP contribution < -0.4 is 0 Å². The minimum Gasteiger partial charge on any atom is -0.460 e. The summed E-state index contributed by atoms with van der Waals surface area (Å²) in [7, 11) is 0. The van der Waals surface area contributed by atoms with Gasteiger partial charge in [0.1, 0.15) is 13.2 Å². The van der Waals surface area contributed by atoms with Gasteiger partial charge in [-0.15, -0.1) is 0 Å². The first-order valence-electron chi connectivity index (χ1n) is 6.01. The van der Waals surface area contributed by atoms with Crippen molar-refractivity contribution in [3.63, 3.8) is 0 Å². The quantitative estimate of drug-likeness (QED) is 0.554. The zero-order valence-corrected chi connectivity index (χ0v) is 10.8. The lowest BCUT2D eigenvalue weighted by atomic mass is 10.1. The SMILES string of the molecule is O=C(C=Cc1ccc(C(=O)OCCO)cc1)OCCO. The number of carbonyl (C=O) groups excluding carboxylic acids is 2. The second kappa shape index (κ2) is 8.84. The van der Waals surface area contributed by atoms with E-state index in [1.165, 1.54) is 12.2 Å². The lowest BCUT2D eigenvalue weighted by Gasteiger charge is -2.02. The molecule has 0 fully saturated rings. The van der Waals surface area contributed by atoms with Crippen LogP contribution in [-0.4, -0.2) is 48.6 Å². The smallest absolute Gasteiger partial charge is 0.338 e. The predicted molar refractivity (Wildman–Crippen MR) is 70.9 cm³/mol. The van der Waals surface area contributed by atoms with Gasteiger partial charge in [0, 0.05) is 6.08 Å². The summed E-state index contributed by atoms with van der Waals surface area (Å²) in [6.07, 6.45) is 2.76. The van der Waals surface area contributed by atoms with Gasteiger partial charge in [0.15, 0.2) is 0 Å². The molecule has 0 saturated heterocycles. The summed E-state index contributed by atoms with van der Waals surface area (Å²) in [6, 6.07) is 6.40. The highest BCUT2D eigenvalue weighted by molar-refractivity contribution is 5.90. The van der Waals surface area contributed by atoms with Crippen molar-refractivity contribution in [2.24, 2.45) is 0 Å². The molecule has 0 spiro atoms. The van der Waals surface area contributed by atoms with Gasteiger partial charge in [-0.2, -0.15) is 0 Å². The molecule has 0 saturated carbocycles. The average molecular weight is 280 g/mol. The van der Waals surface area contributed by atoms with E-state index in [0.717, 1.165) is 0 Å². The van der Waals surface area contributed by atoms with E-state index in [-0.39, 0.29) is 26.4 Å². The van der Waals surface area contributed by atoms with Gasteiger partial charge in [0.05, 0.1) is 18.8 Å². The van der Waals surface area contributed by atoms with Crippen molar-refractivity contribution in [3.05, 3.63) is 41.5 Å². The minimum absolute atomic E-state index is 0.0428. The molecular weight excluding hydrogens is 264 g/mol. The molecule has 0 unspecified atom stereocenters.